The first-order valence-corrected chi connectivity index (χ1v) is 5.02. The van der Waals surface area contributed by atoms with Gasteiger partial charge in [-0.25, -0.2) is 0 Å². The number of esters is 2. The second-order valence-corrected chi connectivity index (χ2v) is 3.60. The van der Waals surface area contributed by atoms with Crippen LogP contribution in [0.5, 0.6) is 0 Å². The van der Waals surface area contributed by atoms with Crippen LogP contribution in [-0.2, 0) is 23.8 Å². The van der Waals surface area contributed by atoms with Crippen molar-refractivity contribution in [2.24, 2.45) is 5.92 Å². The van der Waals surface area contributed by atoms with Gasteiger partial charge in [0.1, 0.15) is 0 Å². The Morgan fingerprint density at radius 2 is 2.20 bits per heavy atom. The van der Waals surface area contributed by atoms with E-state index in [0.29, 0.717) is 19.6 Å². The Labute approximate surface area is 88.7 Å². The Balaban J connectivity index is 2.19. The van der Waals surface area contributed by atoms with Gasteiger partial charge in [-0.2, -0.15) is 0 Å². The van der Waals surface area contributed by atoms with E-state index in [9.17, 15) is 9.59 Å². The third kappa shape index (κ3) is 4.78. The molecule has 0 aromatic heterocycles. The molecule has 0 saturated carbocycles. The van der Waals surface area contributed by atoms with Gasteiger partial charge in [0.15, 0.2) is 0 Å². The van der Waals surface area contributed by atoms with Gasteiger partial charge in [-0.3, -0.25) is 9.59 Å². The zero-order valence-corrected chi connectivity index (χ0v) is 9.02. The van der Waals surface area contributed by atoms with Crippen molar-refractivity contribution in [3.8, 4) is 0 Å². The highest BCUT2D eigenvalue weighted by Crippen LogP contribution is 2.17. The first kappa shape index (κ1) is 12.0. The monoisotopic (exact) mass is 216 g/mol. The van der Waals surface area contributed by atoms with Gasteiger partial charge < -0.3 is 14.2 Å². The van der Waals surface area contributed by atoms with Gasteiger partial charge >= 0.3 is 11.9 Å². The third-order valence-electron chi connectivity index (χ3n) is 2.11. The molecule has 0 amide bonds. The van der Waals surface area contributed by atoms with Crippen molar-refractivity contribution in [2.45, 2.75) is 33.0 Å². The van der Waals surface area contributed by atoms with Crippen molar-refractivity contribution >= 4 is 11.9 Å². The maximum atomic E-state index is 11.3. The summed E-state index contributed by atoms with van der Waals surface area (Å²) >= 11 is 0. The molecule has 1 fully saturated rings. The summed E-state index contributed by atoms with van der Waals surface area (Å²) in [5.41, 5.74) is 0. The summed E-state index contributed by atoms with van der Waals surface area (Å²) in [5.74, 6) is -0.569. The zero-order chi connectivity index (χ0) is 11.3. The minimum Gasteiger partial charge on any atom is -0.426 e. The smallest absolute Gasteiger partial charge is 0.309 e. The minimum absolute atomic E-state index is 0.238. The lowest BCUT2D eigenvalue weighted by Crippen LogP contribution is -2.22. The van der Waals surface area contributed by atoms with Gasteiger partial charge in [-0.1, -0.05) is 0 Å². The molecule has 0 aliphatic carbocycles. The number of carbonyl (C=O) groups excluding carboxylic acids is 2. The SMILES string of the molecule is CC(=O)OC(C)OC(=O)CC1CCOC1. The van der Waals surface area contributed by atoms with Crippen LogP contribution in [0.15, 0.2) is 0 Å². The fourth-order valence-electron chi connectivity index (χ4n) is 1.47. The van der Waals surface area contributed by atoms with Crippen LogP contribution in [-0.4, -0.2) is 31.4 Å². The van der Waals surface area contributed by atoms with Crippen molar-refractivity contribution in [2.75, 3.05) is 13.2 Å². The van der Waals surface area contributed by atoms with E-state index in [1.54, 1.807) is 0 Å². The molecular formula is C10H16O5. The van der Waals surface area contributed by atoms with Gasteiger partial charge in [0.2, 0.25) is 6.29 Å². The Hall–Kier alpha value is -1.10. The molecule has 0 bridgehead atoms. The van der Waals surface area contributed by atoms with Crippen LogP contribution in [0.25, 0.3) is 0 Å². The second kappa shape index (κ2) is 5.70. The van der Waals surface area contributed by atoms with Crippen LogP contribution in [0.3, 0.4) is 0 Å². The average molecular weight is 216 g/mol. The Bertz CT molecular complexity index is 232. The van der Waals surface area contributed by atoms with Gasteiger partial charge in [-0.05, 0) is 12.3 Å². The fourth-order valence-corrected chi connectivity index (χ4v) is 1.47. The van der Waals surface area contributed by atoms with E-state index in [2.05, 4.69) is 4.74 Å². The molecule has 0 radical (unpaired) electrons. The van der Waals surface area contributed by atoms with Crippen molar-refractivity contribution < 1.29 is 23.8 Å². The number of ether oxygens (including phenoxy) is 3. The van der Waals surface area contributed by atoms with Crippen LogP contribution >= 0.6 is 0 Å². The molecule has 1 heterocycles. The molecule has 0 N–H and O–H groups in total. The predicted molar refractivity (Wildman–Crippen MR) is 50.9 cm³/mol. The largest absolute Gasteiger partial charge is 0.426 e. The summed E-state index contributed by atoms with van der Waals surface area (Å²) in [6.45, 7) is 4.11. The van der Waals surface area contributed by atoms with Crippen LogP contribution in [0.4, 0.5) is 0 Å². The van der Waals surface area contributed by atoms with Crippen LogP contribution in [0.1, 0.15) is 26.7 Å². The van der Waals surface area contributed by atoms with E-state index in [0.717, 1.165) is 6.42 Å². The summed E-state index contributed by atoms with van der Waals surface area (Å²) in [4.78, 5) is 21.9. The molecule has 1 rings (SSSR count). The highest BCUT2D eigenvalue weighted by Gasteiger charge is 2.21. The minimum atomic E-state index is -0.808. The quantitative estimate of drug-likeness (QED) is 0.515. The first-order valence-electron chi connectivity index (χ1n) is 5.02. The summed E-state index contributed by atoms with van der Waals surface area (Å²) in [7, 11) is 0. The zero-order valence-electron chi connectivity index (χ0n) is 9.02. The summed E-state index contributed by atoms with van der Waals surface area (Å²) in [6, 6.07) is 0. The fraction of sp³-hybridized carbons (Fsp3) is 0.800. The maximum absolute atomic E-state index is 11.3. The third-order valence-corrected chi connectivity index (χ3v) is 2.11. The molecule has 1 saturated heterocycles. The van der Waals surface area contributed by atoms with E-state index in [4.69, 9.17) is 9.47 Å². The van der Waals surface area contributed by atoms with Crippen LogP contribution < -0.4 is 0 Å². The number of hydrogen-bond donors (Lipinski definition) is 0. The molecule has 2 atom stereocenters. The van der Waals surface area contributed by atoms with Gasteiger partial charge in [0.25, 0.3) is 0 Å². The molecular weight excluding hydrogens is 200 g/mol. The second-order valence-electron chi connectivity index (χ2n) is 3.60. The van der Waals surface area contributed by atoms with E-state index in [-0.39, 0.29) is 11.9 Å². The Morgan fingerprint density at radius 3 is 2.73 bits per heavy atom. The highest BCUT2D eigenvalue weighted by molar-refractivity contribution is 5.70. The molecule has 0 aromatic carbocycles. The lowest BCUT2D eigenvalue weighted by atomic mass is 10.1. The van der Waals surface area contributed by atoms with Crippen molar-refractivity contribution in [3.63, 3.8) is 0 Å². The van der Waals surface area contributed by atoms with Gasteiger partial charge in [0, 0.05) is 20.5 Å². The van der Waals surface area contributed by atoms with E-state index < -0.39 is 12.3 Å². The van der Waals surface area contributed by atoms with Gasteiger partial charge in [-0.15, -0.1) is 0 Å². The topological polar surface area (TPSA) is 61.8 Å². The lowest BCUT2D eigenvalue weighted by Gasteiger charge is -2.14. The summed E-state index contributed by atoms with van der Waals surface area (Å²) in [5, 5.41) is 0. The van der Waals surface area contributed by atoms with Crippen LogP contribution in [0.2, 0.25) is 0 Å². The van der Waals surface area contributed by atoms with E-state index in [1.165, 1.54) is 13.8 Å². The highest BCUT2D eigenvalue weighted by atomic mass is 16.7. The predicted octanol–water partition coefficient (Wildman–Crippen LogP) is 0.865. The lowest BCUT2D eigenvalue weighted by molar-refractivity contribution is -0.183. The van der Waals surface area contributed by atoms with Crippen molar-refractivity contribution in [1.29, 1.82) is 0 Å². The summed E-state index contributed by atoms with van der Waals surface area (Å²) in [6.07, 6.45) is 0.403. The number of carbonyl (C=O) groups is 2. The molecule has 5 nitrogen and oxygen atoms in total. The van der Waals surface area contributed by atoms with Crippen LogP contribution in [0, 0.1) is 5.92 Å². The molecule has 15 heavy (non-hydrogen) atoms. The molecule has 86 valence electrons. The molecule has 0 spiro atoms. The number of rotatable bonds is 4. The average Bonchev–Trinajstić information content (AvgIpc) is 2.53. The molecule has 0 aromatic rings. The van der Waals surface area contributed by atoms with E-state index >= 15 is 0 Å². The normalized spacial score (nSPS) is 22.1. The Morgan fingerprint density at radius 1 is 1.47 bits per heavy atom. The van der Waals surface area contributed by atoms with Crippen molar-refractivity contribution in [1.82, 2.24) is 0 Å². The standard InChI is InChI=1S/C10H16O5/c1-7(11)14-8(2)15-10(12)5-9-3-4-13-6-9/h8-9H,3-6H2,1-2H3. The summed E-state index contributed by atoms with van der Waals surface area (Å²) < 4.78 is 14.7. The molecule has 1 aliphatic heterocycles. The molecule has 5 heteroatoms. The van der Waals surface area contributed by atoms with Gasteiger partial charge in [0.05, 0.1) is 13.0 Å². The van der Waals surface area contributed by atoms with E-state index in [1.807, 2.05) is 0 Å². The molecule has 2 unspecified atom stereocenters. The Kier molecular flexibility index (Phi) is 4.55. The molecule has 1 aliphatic rings. The first-order chi connectivity index (χ1) is 7.08. The maximum Gasteiger partial charge on any atom is 0.309 e. The van der Waals surface area contributed by atoms with Crippen molar-refractivity contribution in [3.05, 3.63) is 0 Å². The number of hydrogen-bond acceptors (Lipinski definition) is 5.